The van der Waals surface area contributed by atoms with Crippen molar-refractivity contribution in [2.45, 2.75) is 73.8 Å². The third-order valence-corrected chi connectivity index (χ3v) is 6.97. The van der Waals surface area contributed by atoms with Crippen molar-refractivity contribution in [2.75, 3.05) is 13.2 Å². The van der Waals surface area contributed by atoms with Crippen molar-refractivity contribution < 1.29 is 24.2 Å². The molecule has 1 aromatic heterocycles. The number of carbonyl (C=O) groups is 2. The Morgan fingerprint density at radius 1 is 0.660 bits per heavy atom. The topological polar surface area (TPSA) is 97.8 Å². The fourth-order valence-electron chi connectivity index (χ4n) is 4.12. The third kappa shape index (κ3) is 17.4. The van der Waals surface area contributed by atoms with Crippen LogP contribution in [0.4, 0.5) is 0 Å². The Bertz CT molecular complexity index is 1490. The van der Waals surface area contributed by atoms with Gasteiger partial charge in [0.2, 0.25) is 0 Å². The second kappa shape index (κ2) is 21.8. The summed E-state index contributed by atoms with van der Waals surface area (Å²) < 4.78 is 11.3. The van der Waals surface area contributed by atoms with E-state index in [1.807, 2.05) is 24.3 Å². The van der Waals surface area contributed by atoms with Crippen LogP contribution < -0.4 is 14.8 Å². The molecular formula is C40H50N2O5. The van der Waals surface area contributed by atoms with Crippen LogP contribution in [0.5, 0.6) is 11.5 Å². The summed E-state index contributed by atoms with van der Waals surface area (Å²) in [7, 11) is 0. The summed E-state index contributed by atoms with van der Waals surface area (Å²) in [6.45, 7) is 14.2. The van der Waals surface area contributed by atoms with E-state index >= 15 is 0 Å². The molecule has 7 heteroatoms. The Labute approximate surface area is 280 Å². The van der Waals surface area contributed by atoms with E-state index in [-0.39, 0.29) is 11.5 Å². The average Bonchev–Trinajstić information content (AvgIpc) is 3.04. The van der Waals surface area contributed by atoms with Gasteiger partial charge in [0.25, 0.3) is 5.91 Å². The van der Waals surface area contributed by atoms with Gasteiger partial charge in [-0.25, -0.2) is 4.79 Å². The van der Waals surface area contributed by atoms with Crippen LogP contribution in [0.1, 0.15) is 93.5 Å². The lowest BCUT2D eigenvalue weighted by molar-refractivity contribution is 0.0696. The number of rotatable bonds is 16. The molecule has 0 saturated carbocycles. The number of nitrogens with zero attached hydrogens (tertiary/aromatic N) is 1. The number of benzene rings is 2. The van der Waals surface area contributed by atoms with Gasteiger partial charge in [0.05, 0.1) is 5.56 Å². The second-order valence-corrected chi connectivity index (χ2v) is 11.8. The van der Waals surface area contributed by atoms with Crippen molar-refractivity contribution in [3.63, 3.8) is 0 Å². The number of pyridine rings is 1. The molecule has 0 unspecified atom stereocenters. The Morgan fingerprint density at radius 3 is 1.53 bits per heavy atom. The highest BCUT2D eigenvalue weighted by atomic mass is 16.5. The molecule has 3 rings (SSSR count). The van der Waals surface area contributed by atoms with Gasteiger partial charge in [-0.1, -0.05) is 34.4 Å². The summed E-state index contributed by atoms with van der Waals surface area (Å²) in [4.78, 5) is 26.9. The first-order valence-electron chi connectivity index (χ1n) is 16.0. The van der Waals surface area contributed by atoms with E-state index in [1.54, 1.807) is 48.8 Å². The lowest BCUT2D eigenvalue weighted by Gasteiger charge is -2.07. The maximum Gasteiger partial charge on any atom is 0.335 e. The highest BCUT2D eigenvalue weighted by molar-refractivity contribution is 5.94. The number of aromatic carboxylic acids is 1. The van der Waals surface area contributed by atoms with Crippen LogP contribution in [0.25, 0.3) is 0 Å². The van der Waals surface area contributed by atoms with E-state index in [0.29, 0.717) is 31.1 Å². The summed E-state index contributed by atoms with van der Waals surface area (Å²) in [6.07, 6.45) is 16.3. The smallest absolute Gasteiger partial charge is 0.335 e. The molecular weight excluding hydrogens is 588 g/mol. The Hall–Kier alpha value is -4.91. The summed E-state index contributed by atoms with van der Waals surface area (Å²) >= 11 is 0. The Kier molecular flexibility index (Phi) is 17.7. The molecule has 0 atom stereocenters. The zero-order valence-corrected chi connectivity index (χ0v) is 28.7. The van der Waals surface area contributed by atoms with Gasteiger partial charge in [-0.05, 0) is 146 Å². The van der Waals surface area contributed by atoms with Gasteiger partial charge >= 0.3 is 5.97 Å². The van der Waals surface area contributed by atoms with Crippen LogP contribution >= 0.6 is 0 Å². The van der Waals surface area contributed by atoms with Crippen molar-refractivity contribution in [1.29, 1.82) is 0 Å². The summed E-state index contributed by atoms with van der Waals surface area (Å²) in [5.74, 6) is 0.414. The Balaban J connectivity index is 0.000000343. The highest BCUT2D eigenvalue weighted by Gasteiger charge is 2.06. The number of ether oxygens (including phenoxy) is 2. The maximum atomic E-state index is 12.2. The molecule has 0 bridgehead atoms. The molecule has 0 saturated heterocycles. The van der Waals surface area contributed by atoms with E-state index in [9.17, 15) is 9.59 Å². The van der Waals surface area contributed by atoms with Gasteiger partial charge in [-0.3, -0.25) is 9.78 Å². The van der Waals surface area contributed by atoms with Gasteiger partial charge in [0.15, 0.2) is 0 Å². The van der Waals surface area contributed by atoms with Gasteiger partial charge in [-0.15, -0.1) is 0 Å². The normalized spacial score (nSPS) is 11.0. The second-order valence-electron chi connectivity index (χ2n) is 11.8. The first kappa shape index (κ1) is 38.3. The standard InChI is InChI=1S/C23H28N2O2.C17H22O3/c1-18(2)5-4-6-19(3)13-16-27-22-9-7-21(8-10-22)23(26)25-17-20-11-14-24-15-12-20;1-13(2)5-4-6-14(3)11-12-20-16-9-7-15(8-10-16)17(18)19/h5,7-15H,4,6,16-17H2,1-3H3,(H,25,26);5,7-11H,4,6,12H2,1-3H3,(H,18,19)/b19-13+;14-11+. The molecule has 0 aliphatic heterocycles. The van der Waals surface area contributed by atoms with Crippen LogP contribution in [-0.2, 0) is 6.54 Å². The molecule has 250 valence electrons. The molecule has 0 aliphatic rings. The van der Waals surface area contributed by atoms with Gasteiger partial charge in [0, 0.05) is 24.5 Å². The van der Waals surface area contributed by atoms with Gasteiger partial charge in [-0.2, -0.15) is 0 Å². The molecule has 3 aromatic rings. The predicted octanol–water partition coefficient (Wildman–Crippen LogP) is 9.54. The Morgan fingerprint density at radius 2 is 1.11 bits per heavy atom. The van der Waals surface area contributed by atoms with Crippen molar-refractivity contribution in [3.05, 3.63) is 136 Å². The minimum Gasteiger partial charge on any atom is -0.490 e. The monoisotopic (exact) mass is 638 g/mol. The number of nitrogens with one attached hydrogen (secondary N) is 1. The van der Waals surface area contributed by atoms with Gasteiger partial charge in [0.1, 0.15) is 24.7 Å². The summed E-state index contributed by atoms with van der Waals surface area (Å²) in [5, 5.41) is 11.7. The number of carboxylic acid groups (broad SMARTS) is 1. The van der Waals surface area contributed by atoms with Crippen LogP contribution in [0, 0.1) is 0 Å². The molecule has 0 spiro atoms. The van der Waals surface area contributed by atoms with E-state index < -0.39 is 5.97 Å². The summed E-state index contributed by atoms with van der Waals surface area (Å²) in [5.41, 5.74) is 7.21. The van der Waals surface area contributed by atoms with Crippen molar-refractivity contribution in [2.24, 2.45) is 0 Å². The van der Waals surface area contributed by atoms with Crippen molar-refractivity contribution in [3.8, 4) is 11.5 Å². The van der Waals surface area contributed by atoms with Crippen LogP contribution in [0.15, 0.2) is 120 Å². The van der Waals surface area contributed by atoms with E-state index in [1.165, 1.54) is 22.3 Å². The molecule has 1 heterocycles. The molecule has 2 N–H and O–H groups in total. The number of amides is 1. The number of carbonyl (C=O) groups excluding carboxylic acids is 1. The number of hydrogen-bond acceptors (Lipinski definition) is 5. The molecule has 1 amide bonds. The first-order chi connectivity index (χ1) is 22.5. The fourth-order valence-corrected chi connectivity index (χ4v) is 4.12. The van der Waals surface area contributed by atoms with Crippen molar-refractivity contribution >= 4 is 11.9 Å². The molecule has 0 fully saturated rings. The largest absolute Gasteiger partial charge is 0.490 e. The lowest BCUT2D eigenvalue weighted by Crippen LogP contribution is -2.22. The van der Waals surface area contributed by atoms with Crippen molar-refractivity contribution in [1.82, 2.24) is 10.3 Å². The SMILES string of the molecule is CC(C)=CCC/C(C)=C/COc1ccc(C(=O)NCc2ccncc2)cc1.CC(C)=CCC/C(C)=C/COc1ccc(C(=O)O)cc1. The number of hydrogen-bond donors (Lipinski definition) is 2. The van der Waals surface area contributed by atoms with E-state index in [4.69, 9.17) is 14.6 Å². The van der Waals surface area contributed by atoms with Crippen LogP contribution in [-0.4, -0.2) is 35.2 Å². The molecule has 0 radical (unpaired) electrons. The minimum absolute atomic E-state index is 0.103. The van der Waals surface area contributed by atoms with E-state index in [2.05, 4.69) is 76.1 Å². The quantitative estimate of drug-likeness (QED) is 0.152. The number of aromatic nitrogens is 1. The molecule has 7 nitrogen and oxygen atoms in total. The highest BCUT2D eigenvalue weighted by Crippen LogP contribution is 2.15. The van der Waals surface area contributed by atoms with Crippen LogP contribution in [0.3, 0.4) is 0 Å². The number of carboxylic acids is 1. The molecule has 2 aromatic carbocycles. The zero-order chi connectivity index (χ0) is 34.4. The summed E-state index contributed by atoms with van der Waals surface area (Å²) in [6, 6.07) is 17.4. The predicted molar refractivity (Wildman–Crippen MR) is 191 cm³/mol. The van der Waals surface area contributed by atoms with Crippen LogP contribution in [0.2, 0.25) is 0 Å². The lowest BCUT2D eigenvalue weighted by atomic mass is 10.1. The van der Waals surface area contributed by atoms with E-state index in [0.717, 1.165) is 37.0 Å². The zero-order valence-electron chi connectivity index (χ0n) is 28.7. The number of allylic oxidation sites excluding steroid dienone is 6. The third-order valence-electron chi connectivity index (χ3n) is 6.97. The maximum absolute atomic E-state index is 12.2. The molecule has 0 aliphatic carbocycles. The average molecular weight is 639 g/mol. The minimum atomic E-state index is -0.924. The fraction of sp³-hybridized carbons (Fsp3) is 0.325. The first-order valence-corrected chi connectivity index (χ1v) is 16.0. The van der Waals surface area contributed by atoms with Gasteiger partial charge < -0.3 is 19.9 Å². The molecule has 47 heavy (non-hydrogen) atoms.